The van der Waals surface area contributed by atoms with Crippen molar-refractivity contribution in [3.05, 3.63) is 17.7 Å². The zero-order valence-electron chi connectivity index (χ0n) is 7.79. The van der Waals surface area contributed by atoms with Gasteiger partial charge in [-0.25, -0.2) is 4.98 Å². The smallest absolute Gasteiger partial charge is 0.122 e. The number of imidazole rings is 1. The summed E-state index contributed by atoms with van der Waals surface area (Å²) in [7, 11) is 0. The van der Waals surface area contributed by atoms with E-state index in [9.17, 15) is 0 Å². The Balaban J connectivity index is 2.12. The van der Waals surface area contributed by atoms with Gasteiger partial charge >= 0.3 is 0 Å². The van der Waals surface area contributed by atoms with E-state index < -0.39 is 0 Å². The summed E-state index contributed by atoms with van der Waals surface area (Å²) in [6.07, 6.45) is 4.52. The van der Waals surface area contributed by atoms with E-state index in [1.54, 1.807) is 0 Å². The van der Waals surface area contributed by atoms with E-state index in [0.717, 1.165) is 5.82 Å². The number of hydrogen-bond donors (Lipinski definition) is 2. The molecule has 0 aromatic carbocycles. The van der Waals surface area contributed by atoms with Crippen LogP contribution in [0.2, 0.25) is 0 Å². The summed E-state index contributed by atoms with van der Waals surface area (Å²) < 4.78 is 0. The first kappa shape index (κ1) is 9.09. The van der Waals surface area contributed by atoms with E-state index in [2.05, 4.69) is 9.97 Å². The summed E-state index contributed by atoms with van der Waals surface area (Å²) in [5, 5.41) is 0.625. The van der Waals surface area contributed by atoms with E-state index >= 15 is 0 Å². The van der Waals surface area contributed by atoms with E-state index in [4.69, 9.17) is 5.73 Å². The molecule has 1 aliphatic heterocycles. The first-order valence-electron chi connectivity index (χ1n) is 4.69. The fourth-order valence-electron chi connectivity index (χ4n) is 1.57. The molecule has 2 rings (SSSR count). The highest BCUT2D eigenvalue weighted by Crippen LogP contribution is 2.38. The van der Waals surface area contributed by atoms with Crippen molar-refractivity contribution in [2.45, 2.75) is 31.1 Å². The minimum Gasteiger partial charge on any atom is -0.344 e. The number of aromatic nitrogens is 2. The monoisotopic (exact) mass is 197 g/mol. The third-order valence-electron chi connectivity index (χ3n) is 2.32. The molecule has 3 N–H and O–H groups in total. The Kier molecular flexibility index (Phi) is 2.60. The number of nitrogens with one attached hydrogen (secondary N) is 1. The third-order valence-corrected chi connectivity index (χ3v) is 3.74. The minimum absolute atomic E-state index is 0.0140. The first-order chi connectivity index (χ1) is 6.27. The Morgan fingerprint density at radius 3 is 3.15 bits per heavy atom. The SMILES string of the molecule is CC(N)c1ncc(C2CCCS2)[nH]1. The molecule has 4 heteroatoms. The molecule has 2 heterocycles. The normalized spacial score (nSPS) is 24.9. The second-order valence-electron chi connectivity index (χ2n) is 3.51. The van der Waals surface area contributed by atoms with Crippen LogP contribution in [0.3, 0.4) is 0 Å². The first-order valence-corrected chi connectivity index (χ1v) is 5.74. The Morgan fingerprint density at radius 2 is 2.62 bits per heavy atom. The molecule has 1 aliphatic rings. The van der Waals surface area contributed by atoms with E-state index in [0.29, 0.717) is 5.25 Å². The van der Waals surface area contributed by atoms with Crippen LogP contribution in [0.4, 0.5) is 0 Å². The molecule has 72 valence electrons. The van der Waals surface area contributed by atoms with Crippen molar-refractivity contribution >= 4 is 11.8 Å². The third kappa shape index (κ3) is 1.89. The maximum atomic E-state index is 5.73. The van der Waals surface area contributed by atoms with Gasteiger partial charge in [0.2, 0.25) is 0 Å². The van der Waals surface area contributed by atoms with Crippen LogP contribution in [0.25, 0.3) is 0 Å². The summed E-state index contributed by atoms with van der Waals surface area (Å²) in [5.41, 5.74) is 6.97. The van der Waals surface area contributed by atoms with Crippen molar-refractivity contribution < 1.29 is 0 Å². The average Bonchev–Trinajstić information content (AvgIpc) is 2.75. The van der Waals surface area contributed by atoms with Gasteiger partial charge in [-0.05, 0) is 25.5 Å². The molecule has 0 amide bonds. The molecule has 3 nitrogen and oxygen atoms in total. The lowest BCUT2D eigenvalue weighted by Gasteiger charge is -2.04. The Labute approximate surface area is 82.5 Å². The van der Waals surface area contributed by atoms with Gasteiger partial charge in [-0.2, -0.15) is 11.8 Å². The lowest BCUT2D eigenvalue weighted by Crippen LogP contribution is -2.06. The van der Waals surface area contributed by atoms with Gasteiger partial charge in [0, 0.05) is 17.1 Å². The molecule has 0 aliphatic carbocycles. The fourth-order valence-corrected chi connectivity index (χ4v) is 2.82. The molecule has 2 unspecified atom stereocenters. The van der Waals surface area contributed by atoms with Gasteiger partial charge in [-0.1, -0.05) is 0 Å². The van der Waals surface area contributed by atoms with E-state index in [-0.39, 0.29) is 6.04 Å². The van der Waals surface area contributed by atoms with Crippen molar-refractivity contribution in [2.24, 2.45) is 5.73 Å². The van der Waals surface area contributed by atoms with Gasteiger partial charge in [0.25, 0.3) is 0 Å². The second-order valence-corrected chi connectivity index (χ2v) is 4.82. The number of thioether (sulfide) groups is 1. The number of nitrogens with two attached hydrogens (primary N) is 1. The van der Waals surface area contributed by atoms with Crippen LogP contribution in [0.15, 0.2) is 6.20 Å². The average molecular weight is 197 g/mol. The lowest BCUT2D eigenvalue weighted by atomic mass is 10.2. The number of aromatic amines is 1. The highest BCUT2D eigenvalue weighted by Gasteiger charge is 2.19. The molecule has 13 heavy (non-hydrogen) atoms. The molecular weight excluding hydrogens is 182 g/mol. The summed E-state index contributed by atoms with van der Waals surface area (Å²) in [4.78, 5) is 7.56. The molecule has 1 fully saturated rings. The maximum Gasteiger partial charge on any atom is 0.122 e. The minimum atomic E-state index is 0.0140. The standard InChI is InChI=1S/C9H15N3S/c1-6(10)9-11-5-7(12-9)8-3-2-4-13-8/h5-6,8H,2-4,10H2,1H3,(H,11,12). The molecule has 2 atom stereocenters. The Morgan fingerprint density at radius 1 is 1.77 bits per heavy atom. The number of rotatable bonds is 2. The largest absolute Gasteiger partial charge is 0.344 e. The number of nitrogens with zero attached hydrogens (tertiary/aromatic N) is 1. The van der Waals surface area contributed by atoms with Crippen LogP contribution >= 0.6 is 11.8 Å². The van der Waals surface area contributed by atoms with Crippen LogP contribution in [-0.2, 0) is 0 Å². The molecule has 0 spiro atoms. The highest BCUT2D eigenvalue weighted by atomic mass is 32.2. The molecule has 0 saturated carbocycles. The summed E-state index contributed by atoms with van der Waals surface area (Å²) in [6.45, 7) is 1.95. The zero-order chi connectivity index (χ0) is 9.26. The predicted octanol–water partition coefficient (Wildman–Crippen LogP) is 2.00. The van der Waals surface area contributed by atoms with Crippen molar-refractivity contribution in [1.82, 2.24) is 9.97 Å². The van der Waals surface area contributed by atoms with Crippen LogP contribution in [0, 0.1) is 0 Å². The van der Waals surface area contributed by atoms with Gasteiger partial charge in [0.05, 0.1) is 6.04 Å². The van der Waals surface area contributed by atoms with Gasteiger partial charge < -0.3 is 10.7 Å². The Bertz CT molecular complexity index is 276. The molecule has 0 radical (unpaired) electrons. The summed E-state index contributed by atoms with van der Waals surface area (Å²) in [6, 6.07) is 0.0140. The van der Waals surface area contributed by atoms with E-state index in [1.807, 2.05) is 24.9 Å². The molecule has 1 saturated heterocycles. The van der Waals surface area contributed by atoms with Crippen LogP contribution in [0.5, 0.6) is 0 Å². The zero-order valence-corrected chi connectivity index (χ0v) is 8.60. The van der Waals surface area contributed by atoms with Crippen molar-refractivity contribution in [1.29, 1.82) is 0 Å². The van der Waals surface area contributed by atoms with Crippen LogP contribution in [0.1, 0.15) is 42.6 Å². The molecule has 1 aromatic heterocycles. The van der Waals surface area contributed by atoms with Crippen LogP contribution < -0.4 is 5.73 Å². The Hall–Kier alpha value is -0.480. The van der Waals surface area contributed by atoms with Gasteiger partial charge in [-0.15, -0.1) is 0 Å². The van der Waals surface area contributed by atoms with Crippen molar-refractivity contribution in [3.8, 4) is 0 Å². The van der Waals surface area contributed by atoms with Crippen molar-refractivity contribution in [3.63, 3.8) is 0 Å². The topological polar surface area (TPSA) is 54.7 Å². The van der Waals surface area contributed by atoms with Gasteiger partial charge in [0.1, 0.15) is 5.82 Å². The number of hydrogen-bond acceptors (Lipinski definition) is 3. The molecular formula is C9H15N3S. The molecule has 0 bridgehead atoms. The summed E-state index contributed by atoms with van der Waals surface area (Å²) in [5.74, 6) is 2.18. The molecule has 1 aromatic rings. The second kappa shape index (κ2) is 3.72. The van der Waals surface area contributed by atoms with E-state index in [1.165, 1.54) is 24.3 Å². The fraction of sp³-hybridized carbons (Fsp3) is 0.667. The van der Waals surface area contributed by atoms with Crippen molar-refractivity contribution in [2.75, 3.05) is 5.75 Å². The maximum absolute atomic E-state index is 5.73. The van der Waals surface area contributed by atoms with Crippen LogP contribution in [-0.4, -0.2) is 15.7 Å². The summed E-state index contributed by atoms with van der Waals surface area (Å²) >= 11 is 2.01. The number of H-pyrrole nitrogens is 1. The van der Waals surface area contributed by atoms with Gasteiger partial charge in [0.15, 0.2) is 0 Å². The van der Waals surface area contributed by atoms with Gasteiger partial charge in [-0.3, -0.25) is 0 Å². The predicted molar refractivity (Wildman–Crippen MR) is 55.6 cm³/mol. The lowest BCUT2D eigenvalue weighted by molar-refractivity contribution is 0.744. The quantitative estimate of drug-likeness (QED) is 0.762. The highest BCUT2D eigenvalue weighted by molar-refractivity contribution is 7.99.